The molecule has 8 heteroatoms. The van der Waals surface area contributed by atoms with Gasteiger partial charge in [0.05, 0.1) is 30.6 Å². The number of hydrogen-bond donors (Lipinski definition) is 0. The number of benzene rings is 3. The summed E-state index contributed by atoms with van der Waals surface area (Å²) >= 11 is 1.36. The van der Waals surface area contributed by atoms with Crippen LogP contribution < -0.4 is 4.90 Å². The monoisotopic (exact) mass is 522 g/mol. The van der Waals surface area contributed by atoms with E-state index in [2.05, 4.69) is 15.0 Å². The van der Waals surface area contributed by atoms with Crippen LogP contribution in [0.5, 0.6) is 0 Å². The number of anilines is 1. The van der Waals surface area contributed by atoms with Crippen molar-refractivity contribution < 1.29 is 14.3 Å². The Bertz CT molecular complexity index is 1570. The van der Waals surface area contributed by atoms with E-state index >= 15 is 0 Å². The van der Waals surface area contributed by atoms with Crippen LogP contribution in [0.1, 0.15) is 31.3 Å². The number of Topliss-reactive ketones (excluding diaryl/α,β-unsaturated/α-hetero) is 2. The molecular formula is C30H26N4O3S. The second kappa shape index (κ2) is 10.7. The lowest BCUT2D eigenvalue weighted by Gasteiger charge is -2.28. The molecule has 0 N–H and O–H groups in total. The van der Waals surface area contributed by atoms with Gasteiger partial charge in [-0.25, -0.2) is 9.67 Å². The fraction of sp³-hybridized carbons (Fsp3) is 0.200. The summed E-state index contributed by atoms with van der Waals surface area (Å²) in [5.74, 6) is 0.112. The zero-order chi connectivity index (χ0) is 25.9. The number of fused-ring (bicyclic) bond motifs is 1. The number of carbonyl (C=O) groups is 2. The second-order valence-electron chi connectivity index (χ2n) is 9.30. The van der Waals surface area contributed by atoms with E-state index in [-0.39, 0.29) is 11.6 Å². The van der Waals surface area contributed by atoms with E-state index in [9.17, 15) is 9.59 Å². The van der Waals surface area contributed by atoms with E-state index in [1.165, 1.54) is 11.3 Å². The molecule has 0 spiro atoms. The first-order chi connectivity index (χ1) is 18.6. The average Bonchev–Trinajstić information content (AvgIpc) is 3.65. The average molecular weight is 523 g/mol. The molecule has 1 aliphatic heterocycles. The lowest BCUT2D eigenvalue weighted by atomic mass is 10.0. The molecular weight excluding hydrogens is 496 g/mol. The van der Waals surface area contributed by atoms with Gasteiger partial charge < -0.3 is 9.64 Å². The number of nitrogens with zero attached hydrogens (tertiary/aromatic N) is 4. The number of rotatable bonds is 8. The fourth-order valence-corrected chi connectivity index (χ4v) is 5.32. The number of carbonyl (C=O) groups excluding carboxylic acids is 2. The SMILES string of the molecule is O=C(Cc1ccc2c(cnn2-c2ccc(CC(=O)c3nccs3)cc2)c1)c1ccc(N2CCOCC2)cc1. The molecule has 6 rings (SSSR count). The van der Waals surface area contributed by atoms with Crippen molar-refractivity contribution in [2.24, 2.45) is 0 Å². The topological polar surface area (TPSA) is 77.3 Å². The maximum Gasteiger partial charge on any atom is 0.195 e. The van der Waals surface area contributed by atoms with Crippen molar-refractivity contribution in [3.63, 3.8) is 0 Å². The number of ketones is 2. The van der Waals surface area contributed by atoms with Crippen LogP contribution in [0, 0.1) is 0 Å². The summed E-state index contributed by atoms with van der Waals surface area (Å²) in [5, 5.41) is 7.89. The van der Waals surface area contributed by atoms with E-state index in [0.29, 0.717) is 23.4 Å². The minimum Gasteiger partial charge on any atom is -0.378 e. The van der Waals surface area contributed by atoms with Crippen LogP contribution in [-0.2, 0) is 17.6 Å². The number of ether oxygens (including phenoxy) is 1. The summed E-state index contributed by atoms with van der Waals surface area (Å²) in [6.07, 6.45) is 4.12. The van der Waals surface area contributed by atoms with Crippen molar-refractivity contribution in [1.82, 2.24) is 14.8 Å². The Labute approximate surface area is 224 Å². The predicted molar refractivity (Wildman–Crippen MR) is 149 cm³/mol. The van der Waals surface area contributed by atoms with Gasteiger partial charge in [-0.1, -0.05) is 18.2 Å². The highest BCUT2D eigenvalue weighted by Crippen LogP contribution is 2.23. The van der Waals surface area contributed by atoms with Crippen LogP contribution in [0.4, 0.5) is 5.69 Å². The van der Waals surface area contributed by atoms with Crippen molar-refractivity contribution in [3.8, 4) is 5.69 Å². The van der Waals surface area contributed by atoms with Crippen LogP contribution in [0.15, 0.2) is 84.5 Å². The molecule has 0 radical (unpaired) electrons. The molecule has 7 nitrogen and oxygen atoms in total. The lowest BCUT2D eigenvalue weighted by molar-refractivity contribution is 0.0984. The summed E-state index contributed by atoms with van der Waals surface area (Å²) in [7, 11) is 0. The van der Waals surface area contributed by atoms with Crippen molar-refractivity contribution in [2.45, 2.75) is 12.8 Å². The van der Waals surface area contributed by atoms with Gasteiger partial charge in [0, 0.05) is 54.1 Å². The standard InChI is InChI=1S/C30H26N4O3S/c35-28(23-4-8-25(9-5-23)33-12-14-37-15-13-33)19-22-3-10-27-24(17-22)20-32-34(27)26-6-1-21(2-7-26)18-29(36)30-31-11-16-38-30/h1-11,16-17,20H,12-15,18-19H2. The van der Waals surface area contributed by atoms with Crippen molar-refractivity contribution in [2.75, 3.05) is 31.2 Å². The smallest absolute Gasteiger partial charge is 0.195 e. The second-order valence-corrected chi connectivity index (χ2v) is 10.2. The largest absolute Gasteiger partial charge is 0.378 e. The van der Waals surface area contributed by atoms with E-state index in [0.717, 1.165) is 59.7 Å². The predicted octanol–water partition coefficient (Wildman–Crippen LogP) is 5.17. The van der Waals surface area contributed by atoms with E-state index in [4.69, 9.17) is 4.74 Å². The van der Waals surface area contributed by atoms with Gasteiger partial charge in [0.25, 0.3) is 0 Å². The van der Waals surface area contributed by atoms with Gasteiger partial charge in [0.15, 0.2) is 16.6 Å². The van der Waals surface area contributed by atoms with Gasteiger partial charge in [-0.15, -0.1) is 11.3 Å². The summed E-state index contributed by atoms with van der Waals surface area (Å²) in [4.78, 5) is 31.7. The molecule has 0 aliphatic carbocycles. The van der Waals surface area contributed by atoms with Crippen LogP contribution in [-0.4, -0.2) is 52.6 Å². The van der Waals surface area contributed by atoms with Crippen LogP contribution in [0.25, 0.3) is 16.6 Å². The Morgan fingerprint density at radius 2 is 1.55 bits per heavy atom. The third-order valence-corrected chi connectivity index (χ3v) is 7.59. The Morgan fingerprint density at radius 1 is 0.842 bits per heavy atom. The highest BCUT2D eigenvalue weighted by atomic mass is 32.1. The molecule has 3 aromatic carbocycles. The molecule has 1 fully saturated rings. The maximum atomic E-state index is 13.0. The molecule has 38 heavy (non-hydrogen) atoms. The van der Waals surface area contributed by atoms with E-state index in [1.807, 2.05) is 83.0 Å². The quantitative estimate of drug-likeness (QED) is 0.262. The molecule has 1 aliphatic rings. The van der Waals surface area contributed by atoms with Gasteiger partial charge >= 0.3 is 0 Å². The Balaban J connectivity index is 1.13. The molecule has 0 amide bonds. The Hall–Kier alpha value is -4.14. The Morgan fingerprint density at radius 3 is 2.29 bits per heavy atom. The number of hydrogen-bond acceptors (Lipinski definition) is 7. The van der Waals surface area contributed by atoms with Crippen LogP contribution in [0.3, 0.4) is 0 Å². The van der Waals surface area contributed by atoms with E-state index < -0.39 is 0 Å². The molecule has 0 unspecified atom stereocenters. The van der Waals surface area contributed by atoms with Gasteiger partial charge in [-0.2, -0.15) is 5.10 Å². The highest BCUT2D eigenvalue weighted by Gasteiger charge is 2.14. The maximum absolute atomic E-state index is 13.0. The van der Waals surface area contributed by atoms with Crippen molar-refractivity contribution in [3.05, 3.63) is 106 Å². The minimum atomic E-state index is 0.0208. The van der Waals surface area contributed by atoms with Crippen LogP contribution >= 0.6 is 11.3 Å². The van der Waals surface area contributed by atoms with Gasteiger partial charge in [0.1, 0.15) is 0 Å². The lowest BCUT2D eigenvalue weighted by Crippen LogP contribution is -2.36. The minimum absolute atomic E-state index is 0.0208. The summed E-state index contributed by atoms with van der Waals surface area (Å²) in [6, 6.07) is 21.7. The first-order valence-corrected chi connectivity index (χ1v) is 13.5. The molecule has 1 saturated heterocycles. The zero-order valence-electron chi connectivity index (χ0n) is 20.7. The zero-order valence-corrected chi connectivity index (χ0v) is 21.6. The molecule has 2 aromatic heterocycles. The number of thiazole rings is 1. The van der Waals surface area contributed by atoms with Gasteiger partial charge in [-0.05, 0) is 59.7 Å². The first kappa shape index (κ1) is 24.2. The molecule has 0 atom stereocenters. The van der Waals surface area contributed by atoms with Gasteiger partial charge in [-0.3, -0.25) is 9.59 Å². The third-order valence-electron chi connectivity index (χ3n) is 6.78. The molecule has 190 valence electrons. The molecule has 3 heterocycles. The fourth-order valence-electron chi connectivity index (χ4n) is 4.74. The van der Waals surface area contributed by atoms with Gasteiger partial charge in [0.2, 0.25) is 0 Å². The van der Waals surface area contributed by atoms with Crippen molar-refractivity contribution >= 4 is 39.5 Å². The van der Waals surface area contributed by atoms with E-state index in [1.54, 1.807) is 6.20 Å². The normalized spacial score (nSPS) is 13.6. The molecule has 5 aromatic rings. The molecule has 0 saturated carbocycles. The summed E-state index contributed by atoms with van der Waals surface area (Å²) in [5.41, 5.74) is 5.60. The summed E-state index contributed by atoms with van der Waals surface area (Å²) in [6.45, 7) is 3.22. The summed E-state index contributed by atoms with van der Waals surface area (Å²) < 4.78 is 7.29. The van der Waals surface area contributed by atoms with Crippen molar-refractivity contribution in [1.29, 1.82) is 0 Å². The molecule has 0 bridgehead atoms. The third kappa shape index (κ3) is 5.14. The van der Waals surface area contributed by atoms with Crippen LogP contribution in [0.2, 0.25) is 0 Å². The Kier molecular flexibility index (Phi) is 6.81. The first-order valence-electron chi connectivity index (χ1n) is 12.6. The number of aromatic nitrogens is 3. The number of morpholine rings is 1. The highest BCUT2D eigenvalue weighted by molar-refractivity contribution is 7.11.